The van der Waals surface area contributed by atoms with Crippen molar-refractivity contribution in [1.29, 1.82) is 0 Å². The number of nitrogens with zero attached hydrogens (tertiary/aromatic N) is 1. The first-order chi connectivity index (χ1) is 16.5. The van der Waals surface area contributed by atoms with E-state index in [1.54, 1.807) is 16.7 Å². The van der Waals surface area contributed by atoms with Crippen molar-refractivity contribution in [2.24, 2.45) is 0 Å². The molecule has 0 heterocycles. The van der Waals surface area contributed by atoms with Gasteiger partial charge in [-0.25, -0.2) is 0 Å². The highest BCUT2D eigenvalue weighted by molar-refractivity contribution is 7.99. The van der Waals surface area contributed by atoms with Crippen LogP contribution >= 0.6 is 23.4 Å². The average molecular weight is 501 g/mol. The topological polar surface area (TPSA) is 49.4 Å². The highest BCUT2D eigenvalue weighted by Gasteiger charge is 2.30. The fraction of sp³-hybridized carbons (Fsp3) is 0.500. The molecule has 1 aliphatic rings. The lowest BCUT2D eigenvalue weighted by Crippen LogP contribution is -2.51. The SMILES string of the molecule is CC[C@@H](C(=O)NC1CCCCC1)N(Cc1ccc(C)cc1)C(=O)CCCSc1ccc(Cl)cc1. The number of hydrogen-bond donors (Lipinski definition) is 1. The smallest absolute Gasteiger partial charge is 0.243 e. The number of aryl methyl sites for hydroxylation is 1. The Morgan fingerprint density at radius 3 is 2.38 bits per heavy atom. The summed E-state index contributed by atoms with van der Waals surface area (Å²) in [6.45, 7) is 4.51. The summed E-state index contributed by atoms with van der Waals surface area (Å²) in [6, 6.07) is 15.8. The molecule has 1 atom stereocenters. The molecule has 0 spiro atoms. The molecule has 1 fully saturated rings. The first-order valence-electron chi connectivity index (χ1n) is 12.5. The van der Waals surface area contributed by atoms with Gasteiger partial charge in [0.05, 0.1) is 0 Å². The van der Waals surface area contributed by atoms with Gasteiger partial charge < -0.3 is 10.2 Å². The van der Waals surface area contributed by atoms with Gasteiger partial charge in [0.2, 0.25) is 11.8 Å². The molecule has 2 aromatic rings. The lowest BCUT2D eigenvalue weighted by atomic mass is 9.95. The third-order valence-corrected chi connectivity index (χ3v) is 7.78. The number of rotatable bonds is 11. The Hall–Kier alpha value is -1.98. The summed E-state index contributed by atoms with van der Waals surface area (Å²) in [7, 11) is 0. The maximum atomic E-state index is 13.4. The second kappa shape index (κ2) is 13.8. The molecule has 0 aliphatic heterocycles. The number of nitrogens with one attached hydrogen (secondary N) is 1. The summed E-state index contributed by atoms with van der Waals surface area (Å²) in [6.07, 6.45) is 7.45. The first kappa shape index (κ1) is 26.6. The minimum atomic E-state index is -0.445. The zero-order valence-corrected chi connectivity index (χ0v) is 22.0. The third kappa shape index (κ3) is 8.35. The Labute approximate surface area is 213 Å². The number of hydrogen-bond acceptors (Lipinski definition) is 3. The van der Waals surface area contributed by atoms with E-state index in [-0.39, 0.29) is 17.9 Å². The monoisotopic (exact) mass is 500 g/mol. The molecular formula is C28H37ClN2O2S. The van der Waals surface area contributed by atoms with Crippen molar-refractivity contribution in [3.63, 3.8) is 0 Å². The Morgan fingerprint density at radius 1 is 1.06 bits per heavy atom. The second-order valence-electron chi connectivity index (χ2n) is 9.18. The molecule has 1 aliphatic carbocycles. The molecule has 3 rings (SSSR count). The molecule has 0 unspecified atom stereocenters. The lowest BCUT2D eigenvalue weighted by Gasteiger charge is -2.33. The van der Waals surface area contributed by atoms with Gasteiger partial charge in [-0.1, -0.05) is 67.6 Å². The van der Waals surface area contributed by atoms with Gasteiger partial charge in [0.1, 0.15) is 6.04 Å². The lowest BCUT2D eigenvalue weighted by molar-refractivity contribution is -0.141. The molecule has 0 radical (unpaired) electrons. The second-order valence-corrected chi connectivity index (χ2v) is 10.8. The van der Waals surface area contributed by atoms with Crippen LogP contribution < -0.4 is 5.32 Å². The summed E-state index contributed by atoms with van der Waals surface area (Å²) in [4.78, 5) is 29.6. The van der Waals surface area contributed by atoms with E-state index in [0.29, 0.717) is 19.4 Å². The van der Waals surface area contributed by atoms with Gasteiger partial charge in [-0.15, -0.1) is 11.8 Å². The maximum absolute atomic E-state index is 13.4. The van der Waals surface area contributed by atoms with Crippen LogP contribution in [-0.2, 0) is 16.1 Å². The highest BCUT2D eigenvalue weighted by atomic mass is 35.5. The van der Waals surface area contributed by atoms with E-state index in [2.05, 4.69) is 36.5 Å². The van der Waals surface area contributed by atoms with Crippen LogP contribution in [0.25, 0.3) is 0 Å². The summed E-state index contributed by atoms with van der Waals surface area (Å²) in [5.41, 5.74) is 2.24. The summed E-state index contributed by atoms with van der Waals surface area (Å²) in [5.74, 6) is 0.880. The predicted molar refractivity (Wildman–Crippen MR) is 142 cm³/mol. The zero-order valence-electron chi connectivity index (χ0n) is 20.4. The molecule has 1 N–H and O–H groups in total. The van der Waals surface area contributed by atoms with Gasteiger partial charge in [-0.2, -0.15) is 0 Å². The minimum absolute atomic E-state index is 0.00889. The van der Waals surface area contributed by atoms with Crippen molar-refractivity contribution in [3.05, 3.63) is 64.7 Å². The van der Waals surface area contributed by atoms with Crippen LogP contribution in [0.3, 0.4) is 0 Å². The zero-order chi connectivity index (χ0) is 24.3. The van der Waals surface area contributed by atoms with Crippen molar-refractivity contribution < 1.29 is 9.59 Å². The van der Waals surface area contributed by atoms with Crippen LogP contribution in [0.15, 0.2) is 53.4 Å². The normalized spacial score (nSPS) is 15.0. The Morgan fingerprint density at radius 2 is 1.74 bits per heavy atom. The Kier molecular flexibility index (Phi) is 10.8. The van der Waals surface area contributed by atoms with Crippen molar-refractivity contribution in [2.45, 2.75) is 88.7 Å². The Bertz CT molecular complexity index is 911. The highest BCUT2D eigenvalue weighted by Crippen LogP contribution is 2.23. The van der Waals surface area contributed by atoms with Crippen molar-refractivity contribution in [3.8, 4) is 0 Å². The van der Waals surface area contributed by atoms with Gasteiger partial charge in [0.15, 0.2) is 0 Å². The number of benzene rings is 2. The first-order valence-corrected chi connectivity index (χ1v) is 13.9. The predicted octanol–water partition coefficient (Wildman–Crippen LogP) is 6.78. The summed E-state index contributed by atoms with van der Waals surface area (Å²) < 4.78 is 0. The average Bonchev–Trinajstić information content (AvgIpc) is 2.84. The number of amides is 2. The molecule has 0 aromatic heterocycles. The largest absolute Gasteiger partial charge is 0.352 e. The van der Waals surface area contributed by atoms with E-state index in [0.717, 1.165) is 40.5 Å². The van der Waals surface area contributed by atoms with E-state index in [4.69, 9.17) is 11.6 Å². The fourth-order valence-electron chi connectivity index (χ4n) is 4.44. The van der Waals surface area contributed by atoms with Crippen molar-refractivity contribution in [2.75, 3.05) is 5.75 Å². The van der Waals surface area contributed by atoms with Crippen molar-refractivity contribution in [1.82, 2.24) is 10.2 Å². The van der Waals surface area contributed by atoms with Crippen molar-refractivity contribution >= 4 is 35.2 Å². The maximum Gasteiger partial charge on any atom is 0.243 e. The minimum Gasteiger partial charge on any atom is -0.352 e. The van der Waals surface area contributed by atoms with Crippen LogP contribution in [0.4, 0.5) is 0 Å². The van der Waals surface area contributed by atoms with E-state index in [1.165, 1.54) is 24.8 Å². The molecule has 1 saturated carbocycles. The summed E-state index contributed by atoms with van der Waals surface area (Å²) in [5, 5.41) is 3.97. The van der Waals surface area contributed by atoms with Gasteiger partial charge >= 0.3 is 0 Å². The van der Waals surface area contributed by atoms with Crippen LogP contribution in [0.2, 0.25) is 5.02 Å². The number of halogens is 1. The van der Waals surface area contributed by atoms with E-state index in [1.807, 2.05) is 31.2 Å². The van der Waals surface area contributed by atoms with Gasteiger partial charge in [0.25, 0.3) is 0 Å². The van der Waals surface area contributed by atoms with Crippen LogP contribution in [0.5, 0.6) is 0 Å². The van der Waals surface area contributed by atoms with Gasteiger partial charge in [0, 0.05) is 28.9 Å². The van der Waals surface area contributed by atoms with Gasteiger partial charge in [-0.3, -0.25) is 9.59 Å². The molecule has 184 valence electrons. The number of carbonyl (C=O) groups is 2. The summed E-state index contributed by atoms with van der Waals surface area (Å²) >= 11 is 7.69. The molecule has 2 aromatic carbocycles. The molecule has 2 amide bonds. The molecule has 0 saturated heterocycles. The number of carbonyl (C=O) groups excluding carboxylic acids is 2. The van der Waals surface area contributed by atoms with E-state index < -0.39 is 6.04 Å². The van der Waals surface area contributed by atoms with E-state index in [9.17, 15) is 9.59 Å². The molecule has 34 heavy (non-hydrogen) atoms. The molecule has 6 heteroatoms. The van der Waals surface area contributed by atoms with Crippen LogP contribution in [0.1, 0.15) is 69.4 Å². The molecule has 0 bridgehead atoms. The van der Waals surface area contributed by atoms with Gasteiger partial charge in [-0.05, 0) is 68.2 Å². The standard InChI is InChI=1S/C28H37ClN2O2S/c1-3-26(28(33)30-24-8-5-4-6-9-24)31(20-22-13-11-21(2)12-14-22)27(32)10-7-19-34-25-17-15-23(29)16-18-25/h11-18,24,26H,3-10,19-20H2,1-2H3,(H,30,33)/t26-/m0/s1. The van der Waals surface area contributed by atoms with Crippen LogP contribution in [-0.4, -0.2) is 34.6 Å². The quantitative estimate of drug-likeness (QED) is 0.273. The molecule has 4 nitrogen and oxygen atoms in total. The van der Waals surface area contributed by atoms with E-state index >= 15 is 0 Å². The fourth-order valence-corrected chi connectivity index (χ4v) is 5.42. The third-order valence-electron chi connectivity index (χ3n) is 6.43. The number of thioether (sulfide) groups is 1. The molecular weight excluding hydrogens is 464 g/mol. The van der Waals surface area contributed by atoms with Crippen LogP contribution in [0, 0.1) is 6.92 Å². The Balaban J connectivity index is 1.63.